The quantitative estimate of drug-likeness (QED) is 0.625. The Labute approximate surface area is 80.0 Å². The van der Waals surface area contributed by atoms with E-state index in [2.05, 4.69) is 6.92 Å². The van der Waals surface area contributed by atoms with Gasteiger partial charge in [-0.25, -0.2) is 0 Å². The standard InChI is InChI=1S/C11H18O2/c1-3-4-5-6-11-8-10(12)7-9(2)13-11/h7,11H,3-6,8H2,1-2H3. The van der Waals surface area contributed by atoms with Crippen LogP contribution in [0.1, 0.15) is 46.0 Å². The summed E-state index contributed by atoms with van der Waals surface area (Å²) in [7, 11) is 0. The molecule has 1 atom stereocenters. The van der Waals surface area contributed by atoms with Gasteiger partial charge in [0.25, 0.3) is 0 Å². The first-order valence-electron chi connectivity index (χ1n) is 5.10. The molecule has 0 bridgehead atoms. The Morgan fingerprint density at radius 2 is 2.31 bits per heavy atom. The molecule has 74 valence electrons. The lowest BCUT2D eigenvalue weighted by atomic mass is 10.0. The predicted molar refractivity (Wildman–Crippen MR) is 52.4 cm³/mol. The minimum atomic E-state index is 0.143. The summed E-state index contributed by atoms with van der Waals surface area (Å²) in [6.45, 7) is 4.03. The van der Waals surface area contributed by atoms with Crippen molar-refractivity contribution in [2.75, 3.05) is 0 Å². The second kappa shape index (κ2) is 5.05. The summed E-state index contributed by atoms with van der Waals surface area (Å²) >= 11 is 0. The molecule has 0 saturated carbocycles. The third-order valence-electron chi connectivity index (χ3n) is 2.28. The highest BCUT2D eigenvalue weighted by atomic mass is 16.5. The highest BCUT2D eigenvalue weighted by Crippen LogP contribution is 2.18. The molecule has 0 radical (unpaired) electrons. The third kappa shape index (κ3) is 3.62. The van der Waals surface area contributed by atoms with Crippen molar-refractivity contribution in [2.45, 2.75) is 52.1 Å². The maximum Gasteiger partial charge on any atom is 0.162 e. The first kappa shape index (κ1) is 10.3. The smallest absolute Gasteiger partial charge is 0.162 e. The van der Waals surface area contributed by atoms with E-state index in [1.807, 2.05) is 6.92 Å². The molecule has 0 fully saturated rings. The number of ether oxygens (including phenoxy) is 1. The van der Waals surface area contributed by atoms with Crippen LogP contribution in [0.4, 0.5) is 0 Å². The number of rotatable bonds is 4. The second-order valence-electron chi connectivity index (χ2n) is 3.66. The van der Waals surface area contributed by atoms with Crippen LogP contribution in [0, 0.1) is 0 Å². The van der Waals surface area contributed by atoms with E-state index in [4.69, 9.17) is 4.74 Å². The zero-order valence-corrected chi connectivity index (χ0v) is 8.51. The lowest BCUT2D eigenvalue weighted by Crippen LogP contribution is -2.21. The van der Waals surface area contributed by atoms with Gasteiger partial charge in [0.1, 0.15) is 6.10 Å². The van der Waals surface area contributed by atoms with Crippen LogP contribution in [0.15, 0.2) is 11.8 Å². The molecular formula is C11H18O2. The normalized spacial score (nSPS) is 22.5. The van der Waals surface area contributed by atoms with Crippen molar-refractivity contribution in [1.29, 1.82) is 0 Å². The van der Waals surface area contributed by atoms with Crippen molar-refractivity contribution in [1.82, 2.24) is 0 Å². The van der Waals surface area contributed by atoms with E-state index in [0.29, 0.717) is 6.42 Å². The summed E-state index contributed by atoms with van der Waals surface area (Å²) in [4.78, 5) is 11.2. The Balaban J connectivity index is 2.29. The Morgan fingerprint density at radius 1 is 1.54 bits per heavy atom. The average molecular weight is 182 g/mol. The molecule has 2 nitrogen and oxygen atoms in total. The molecule has 1 rings (SSSR count). The Morgan fingerprint density at radius 3 is 2.92 bits per heavy atom. The molecule has 0 saturated heterocycles. The van der Waals surface area contributed by atoms with Crippen LogP contribution in [-0.2, 0) is 9.53 Å². The first-order chi connectivity index (χ1) is 6.22. The van der Waals surface area contributed by atoms with Crippen LogP contribution in [0.3, 0.4) is 0 Å². The maximum absolute atomic E-state index is 11.2. The molecule has 13 heavy (non-hydrogen) atoms. The van der Waals surface area contributed by atoms with E-state index in [0.717, 1.165) is 12.2 Å². The number of carbonyl (C=O) groups excluding carboxylic acids is 1. The zero-order chi connectivity index (χ0) is 9.68. The minimum absolute atomic E-state index is 0.143. The molecule has 1 aliphatic heterocycles. The number of carbonyl (C=O) groups is 1. The van der Waals surface area contributed by atoms with E-state index < -0.39 is 0 Å². The van der Waals surface area contributed by atoms with E-state index in [1.165, 1.54) is 19.3 Å². The van der Waals surface area contributed by atoms with Gasteiger partial charge in [0, 0.05) is 12.5 Å². The molecule has 0 aromatic carbocycles. The SMILES string of the molecule is CCCCCC1CC(=O)C=C(C)O1. The monoisotopic (exact) mass is 182 g/mol. The fraction of sp³-hybridized carbons (Fsp3) is 0.727. The highest BCUT2D eigenvalue weighted by Gasteiger charge is 2.18. The van der Waals surface area contributed by atoms with Crippen molar-refractivity contribution in [3.05, 3.63) is 11.8 Å². The fourth-order valence-corrected chi connectivity index (χ4v) is 1.63. The van der Waals surface area contributed by atoms with Gasteiger partial charge in [-0.15, -0.1) is 0 Å². The highest BCUT2D eigenvalue weighted by molar-refractivity contribution is 5.91. The van der Waals surface area contributed by atoms with Crippen LogP contribution in [0.2, 0.25) is 0 Å². The molecule has 0 amide bonds. The minimum Gasteiger partial charge on any atom is -0.494 e. The molecule has 0 aliphatic carbocycles. The largest absolute Gasteiger partial charge is 0.494 e. The zero-order valence-electron chi connectivity index (χ0n) is 8.51. The van der Waals surface area contributed by atoms with Gasteiger partial charge < -0.3 is 4.74 Å². The lowest BCUT2D eigenvalue weighted by Gasteiger charge is -2.22. The second-order valence-corrected chi connectivity index (χ2v) is 3.66. The van der Waals surface area contributed by atoms with Gasteiger partial charge in [-0.3, -0.25) is 4.79 Å². The van der Waals surface area contributed by atoms with Gasteiger partial charge in [-0.05, 0) is 19.8 Å². The van der Waals surface area contributed by atoms with Crippen LogP contribution in [0.25, 0.3) is 0 Å². The van der Waals surface area contributed by atoms with Crippen molar-refractivity contribution in [3.63, 3.8) is 0 Å². The number of hydrogen-bond acceptors (Lipinski definition) is 2. The Hall–Kier alpha value is -0.790. The van der Waals surface area contributed by atoms with E-state index in [1.54, 1.807) is 6.08 Å². The molecular weight excluding hydrogens is 164 g/mol. The fourth-order valence-electron chi connectivity index (χ4n) is 1.63. The molecule has 0 aromatic rings. The third-order valence-corrected chi connectivity index (χ3v) is 2.28. The molecule has 1 unspecified atom stereocenters. The Kier molecular flexibility index (Phi) is 4.00. The molecule has 1 aliphatic rings. The summed E-state index contributed by atoms with van der Waals surface area (Å²) in [6.07, 6.45) is 6.94. The van der Waals surface area contributed by atoms with Crippen LogP contribution >= 0.6 is 0 Å². The molecule has 1 heterocycles. The van der Waals surface area contributed by atoms with E-state index in [-0.39, 0.29) is 11.9 Å². The van der Waals surface area contributed by atoms with Crippen molar-refractivity contribution in [2.24, 2.45) is 0 Å². The van der Waals surface area contributed by atoms with E-state index in [9.17, 15) is 4.79 Å². The van der Waals surface area contributed by atoms with Gasteiger partial charge in [-0.2, -0.15) is 0 Å². The molecule has 0 aromatic heterocycles. The predicted octanol–water partition coefficient (Wildman–Crippen LogP) is 2.83. The summed E-state index contributed by atoms with van der Waals surface area (Å²) in [5, 5.41) is 0. The summed E-state index contributed by atoms with van der Waals surface area (Å²) in [5.41, 5.74) is 0. The van der Waals surface area contributed by atoms with Gasteiger partial charge in [0.2, 0.25) is 0 Å². The van der Waals surface area contributed by atoms with Crippen molar-refractivity contribution < 1.29 is 9.53 Å². The van der Waals surface area contributed by atoms with Crippen LogP contribution in [-0.4, -0.2) is 11.9 Å². The van der Waals surface area contributed by atoms with E-state index >= 15 is 0 Å². The Bertz CT molecular complexity index is 206. The van der Waals surface area contributed by atoms with Gasteiger partial charge in [0.05, 0.1) is 5.76 Å². The first-order valence-corrected chi connectivity index (χ1v) is 5.10. The number of ketones is 1. The van der Waals surface area contributed by atoms with Crippen molar-refractivity contribution >= 4 is 5.78 Å². The molecule has 0 spiro atoms. The molecule has 0 N–H and O–H groups in total. The summed E-state index contributed by atoms with van der Waals surface area (Å²) in [5.74, 6) is 0.989. The summed E-state index contributed by atoms with van der Waals surface area (Å²) < 4.78 is 5.54. The topological polar surface area (TPSA) is 26.3 Å². The van der Waals surface area contributed by atoms with Gasteiger partial charge in [0.15, 0.2) is 5.78 Å². The maximum atomic E-state index is 11.2. The van der Waals surface area contributed by atoms with Crippen molar-refractivity contribution in [3.8, 4) is 0 Å². The number of unbranched alkanes of at least 4 members (excludes halogenated alkanes) is 2. The van der Waals surface area contributed by atoms with Gasteiger partial charge >= 0.3 is 0 Å². The van der Waals surface area contributed by atoms with Gasteiger partial charge in [-0.1, -0.05) is 19.8 Å². The van der Waals surface area contributed by atoms with Crippen LogP contribution in [0.5, 0.6) is 0 Å². The summed E-state index contributed by atoms with van der Waals surface area (Å²) in [6, 6.07) is 0. The number of allylic oxidation sites excluding steroid dienone is 2. The lowest BCUT2D eigenvalue weighted by molar-refractivity contribution is -0.118. The molecule has 2 heteroatoms. The van der Waals surface area contributed by atoms with Crippen LogP contribution < -0.4 is 0 Å². The average Bonchev–Trinajstić information content (AvgIpc) is 2.03. The number of hydrogen-bond donors (Lipinski definition) is 0.